The molecule has 4 rings (SSSR count). The maximum absolute atomic E-state index is 3.70. The summed E-state index contributed by atoms with van der Waals surface area (Å²) >= 11 is 5.05. The van der Waals surface area contributed by atoms with E-state index in [-0.39, 0.29) is 24.8 Å². The Bertz CT molecular complexity index is 764. The van der Waals surface area contributed by atoms with E-state index in [1.807, 2.05) is 11.8 Å². The number of allylic oxidation sites excluding steroid dienone is 4. The van der Waals surface area contributed by atoms with Gasteiger partial charge in [0.1, 0.15) is 0 Å². The Balaban J connectivity index is 0.000000960. The van der Waals surface area contributed by atoms with Crippen molar-refractivity contribution >= 4 is 33.8 Å². The van der Waals surface area contributed by atoms with Gasteiger partial charge in [-0.25, -0.2) is 0 Å². The summed E-state index contributed by atoms with van der Waals surface area (Å²) < 4.78 is 3.65. The predicted octanol–water partition coefficient (Wildman–Crippen LogP) is -0.159. The molecule has 1 aromatic carbocycles. The maximum atomic E-state index is 3.70. The second kappa shape index (κ2) is 7.79. The zero-order valence-electron chi connectivity index (χ0n) is 12.7. The number of fused-ring (bicyclic) bond motifs is 2. The standard InChI is InChI=1S/C10H8Br.C8H7S.2ClH.Zr/c1-7-5-8-3-2-4-10(11)9(8)6-7;1-6-4-7-2-3-9-8(7)5-6;;;/h2-6H,1H3;3-5,8H,1H3;2*1H;/q;;;;+2/p-2. The number of hydrogen-bond acceptors (Lipinski definition) is 1. The molecule has 1 aromatic rings. The Labute approximate surface area is 174 Å². The molecular formula is C18H15BrCl2SZr. The second-order valence-corrected chi connectivity index (χ2v) is 11.1. The van der Waals surface area contributed by atoms with Crippen molar-refractivity contribution in [2.45, 2.75) is 22.7 Å². The molecule has 0 N–H and O–H groups in total. The second-order valence-electron chi connectivity index (χ2n) is 5.81. The van der Waals surface area contributed by atoms with Gasteiger partial charge in [0.15, 0.2) is 0 Å². The molecule has 0 amide bonds. The Morgan fingerprint density at radius 3 is 2.70 bits per heavy atom. The molecule has 0 nitrogen and oxygen atoms in total. The summed E-state index contributed by atoms with van der Waals surface area (Å²) in [6.07, 6.45) is 7.20. The van der Waals surface area contributed by atoms with Gasteiger partial charge in [0, 0.05) is 0 Å². The van der Waals surface area contributed by atoms with Crippen LogP contribution in [0.5, 0.6) is 0 Å². The molecule has 0 aromatic heterocycles. The third kappa shape index (κ3) is 3.56. The molecule has 2 unspecified atom stereocenters. The molecule has 2 aliphatic carbocycles. The summed E-state index contributed by atoms with van der Waals surface area (Å²) in [7, 11) is 0. The van der Waals surface area contributed by atoms with Gasteiger partial charge in [0.05, 0.1) is 0 Å². The van der Waals surface area contributed by atoms with E-state index in [9.17, 15) is 0 Å². The van der Waals surface area contributed by atoms with Crippen molar-refractivity contribution in [1.29, 1.82) is 0 Å². The van der Waals surface area contributed by atoms with Gasteiger partial charge in [-0.05, 0) is 0 Å². The summed E-state index contributed by atoms with van der Waals surface area (Å²) in [5.74, 6) is 0. The number of benzene rings is 1. The minimum Gasteiger partial charge on any atom is -1.00 e. The van der Waals surface area contributed by atoms with Gasteiger partial charge in [-0.1, -0.05) is 0 Å². The number of hydrogen-bond donors (Lipinski definition) is 0. The molecule has 23 heavy (non-hydrogen) atoms. The number of thioether (sulfide) groups is 1. The molecule has 2 atom stereocenters. The molecule has 0 radical (unpaired) electrons. The molecule has 118 valence electrons. The van der Waals surface area contributed by atoms with Crippen molar-refractivity contribution in [3.63, 3.8) is 0 Å². The Morgan fingerprint density at radius 1 is 1.13 bits per heavy atom. The SMILES string of the molecule is CC1=CC2SC=[C]([Zr+2][CH]3C(C)=Cc4c(Br)cccc43)C2=C1.[Cl-].[Cl-]. The Kier molecular flexibility index (Phi) is 6.70. The minimum absolute atomic E-state index is 0. The summed E-state index contributed by atoms with van der Waals surface area (Å²) in [5.41, 5.74) is 7.57. The van der Waals surface area contributed by atoms with Gasteiger partial charge in [-0.3, -0.25) is 0 Å². The first-order valence-electron chi connectivity index (χ1n) is 7.12. The molecule has 0 spiro atoms. The van der Waals surface area contributed by atoms with Crippen LogP contribution in [0.3, 0.4) is 0 Å². The van der Waals surface area contributed by atoms with Crippen molar-refractivity contribution in [2.24, 2.45) is 0 Å². The van der Waals surface area contributed by atoms with Crippen molar-refractivity contribution in [3.8, 4) is 0 Å². The first kappa shape index (κ1) is 19.8. The van der Waals surface area contributed by atoms with Crippen LogP contribution in [0.15, 0.2) is 60.2 Å². The van der Waals surface area contributed by atoms with E-state index in [0.717, 1.165) is 0 Å². The van der Waals surface area contributed by atoms with Crippen LogP contribution in [0.2, 0.25) is 0 Å². The summed E-state index contributed by atoms with van der Waals surface area (Å²) in [6.45, 7) is 4.53. The van der Waals surface area contributed by atoms with E-state index in [2.05, 4.69) is 71.6 Å². The fourth-order valence-electron chi connectivity index (χ4n) is 3.24. The van der Waals surface area contributed by atoms with Gasteiger partial charge >= 0.3 is 151 Å². The fraction of sp³-hybridized carbons (Fsp3) is 0.222. The first-order valence-corrected chi connectivity index (χ1v) is 11.5. The molecule has 5 heteroatoms. The van der Waals surface area contributed by atoms with Crippen molar-refractivity contribution in [1.82, 2.24) is 0 Å². The summed E-state index contributed by atoms with van der Waals surface area (Å²) in [4.78, 5) is 0. The number of rotatable bonds is 2. The zero-order valence-corrected chi connectivity index (χ0v) is 19.1. The largest absolute Gasteiger partial charge is 1.00 e. The van der Waals surface area contributed by atoms with Crippen molar-refractivity contribution in [2.75, 3.05) is 0 Å². The van der Waals surface area contributed by atoms with Crippen LogP contribution in [-0.4, -0.2) is 5.25 Å². The van der Waals surface area contributed by atoms with Gasteiger partial charge in [-0.2, -0.15) is 0 Å². The fourth-order valence-corrected chi connectivity index (χ4v) is 9.61. The van der Waals surface area contributed by atoms with Crippen LogP contribution >= 0.6 is 27.7 Å². The number of halogens is 3. The van der Waals surface area contributed by atoms with Crippen molar-refractivity contribution in [3.05, 3.63) is 71.4 Å². The molecule has 0 fully saturated rings. The Morgan fingerprint density at radius 2 is 1.91 bits per heavy atom. The molecule has 0 saturated heterocycles. The quantitative estimate of drug-likeness (QED) is 0.539. The van der Waals surface area contributed by atoms with Crippen molar-refractivity contribution < 1.29 is 48.0 Å². The van der Waals surface area contributed by atoms with Gasteiger partial charge < -0.3 is 24.8 Å². The molecule has 1 aliphatic heterocycles. The molecule has 3 aliphatic rings. The van der Waals surface area contributed by atoms with Crippen LogP contribution in [-0.2, 0) is 23.2 Å². The minimum atomic E-state index is -0.658. The third-order valence-corrected chi connectivity index (χ3v) is 11.0. The average molecular weight is 505 g/mol. The molecule has 0 saturated carbocycles. The normalized spacial score (nSPS) is 23.4. The smallest absolute Gasteiger partial charge is 1.00 e. The Hall–Kier alpha value is 0.473. The van der Waals surface area contributed by atoms with Crippen LogP contribution in [0, 0.1) is 0 Å². The van der Waals surface area contributed by atoms with E-state index in [1.165, 1.54) is 15.6 Å². The third-order valence-electron chi connectivity index (χ3n) is 4.27. The predicted molar refractivity (Wildman–Crippen MR) is 91.8 cm³/mol. The van der Waals surface area contributed by atoms with E-state index >= 15 is 0 Å². The molecule has 0 bridgehead atoms. The molecular weight excluding hydrogens is 490 g/mol. The zero-order chi connectivity index (χ0) is 14.6. The van der Waals surface area contributed by atoms with Crippen LogP contribution in [0.1, 0.15) is 28.6 Å². The van der Waals surface area contributed by atoms with Gasteiger partial charge in [0.25, 0.3) is 0 Å². The monoisotopic (exact) mass is 502 g/mol. The first-order chi connectivity index (χ1) is 10.1. The van der Waals surface area contributed by atoms with E-state index in [1.54, 1.807) is 20.0 Å². The van der Waals surface area contributed by atoms with Gasteiger partial charge in [0.2, 0.25) is 0 Å². The van der Waals surface area contributed by atoms with Crippen LogP contribution in [0.4, 0.5) is 0 Å². The topological polar surface area (TPSA) is 0 Å². The summed E-state index contributed by atoms with van der Waals surface area (Å²) in [5, 5.41) is 3.07. The van der Waals surface area contributed by atoms with Crippen LogP contribution in [0.25, 0.3) is 6.08 Å². The van der Waals surface area contributed by atoms with Gasteiger partial charge in [-0.15, -0.1) is 0 Å². The van der Waals surface area contributed by atoms with E-state index in [0.29, 0.717) is 8.88 Å². The summed E-state index contributed by atoms with van der Waals surface area (Å²) in [6, 6.07) is 6.66. The van der Waals surface area contributed by atoms with E-state index < -0.39 is 23.2 Å². The van der Waals surface area contributed by atoms with Crippen LogP contribution < -0.4 is 24.8 Å². The average Bonchev–Trinajstić information content (AvgIpc) is 3.07. The molecule has 1 heterocycles. The van der Waals surface area contributed by atoms with E-state index in [4.69, 9.17) is 0 Å². The maximum Gasteiger partial charge on any atom is -1.00 e.